The number of carbonyl (C=O) groups excluding carboxylic acids is 1. The summed E-state index contributed by atoms with van der Waals surface area (Å²) < 4.78 is 15.0. The number of aromatic nitrogens is 3. The normalized spacial score (nSPS) is 28.8. The molecule has 1 saturated heterocycles. The summed E-state index contributed by atoms with van der Waals surface area (Å²) in [7, 11) is 1.94. The highest BCUT2D eigenvalue weighted by molar-refractivity contribution is 7.99. The third-order valence-electron chi connectivity index (χ3n) is 11.1. The maximum absolute atomic E-state index is 13.2. The Morgan fingerprint density at radius 3 is 2.29 bits per heavy atom. The van der Waals surface area contributed by atoms with E-state index >= 15 is 0 Å². The van der Waals surface area contributed by atoms with E-state index in [1.807, 2.05) is 48.0 Å². The van der Waals surface area contributed by atoms with E-state index in [1.165, 1.54) is 19.3 Å². The van der Waals surface area contributed by atoms with Crippen molar-refractivity contribution >= 4 is 17.8 Å². The lowest BCUT2D eigenvalue weighted by atomic mass is 9.53. The number of aryl methyl sites for hydroxylation is 1. The predicted molar refractivity (Wildman–Crippen MR) is 188 cm³/mol. The van der Waals surface area contributed by atoms with E-state index in [0.29, 0.717) is 18.7 Å². The lowest BCUT2D eigenvalue weighted by Gasteiger charge is -2.56. The van der Waals surface area contributed by atoms with Gasteiger partial charge >= 0.3 is 6.03 Å². The van der Waals surface area contributed by atoms with Crippen LogP contribution in [0.15, 0.2) is 84.3 Å². The maximum atomic E-state index is 13.2. The summed E-state index contributed by atoms with van der Waals surface area (Å²) in [6.45, 7) is 0.474. The van der Waals surface area contributed by atoms with Gasteiger partial charge in [0.2, 0.25) is 0 Å². The second kappa shape index (κ2) is 13.9. The van der Waals surface area contributed by atoms with Gasteiger partial charge in [0, 0.05) is 36.9 Å². The Labute approximate surface area is 292 Å². The summed E-state index contributed by atoms with van der Waals surface area (Å²) in [6.07, 6.45) is 9.13. The fourth-order valence-corrected chi connectivity index (χ4v) is 10.00. The van der Waals surface area contributed by atoms with Crippen LogP contribution in [0, 0.1) is 17.8 Å². The number of hydrogen-bond donors (Lipinski definition) is 3. The van der Waals surface area contributed by atoms with E-state index in [4.69, 9.17) is 9.47 Å². The Morgan fingerprint density at radius 2 is 1.61 bits per heavy atom. The highest BCUT2D eigenvalue weighted by Gasteiger charge is 2.51. The third-order valence-corrected chi connectivity index (χ3v) is 12.2. The van der Waals surface area contributed by atoms with Gasteiger partial charge in [0.15, 0.2) is 11.4 Å². The number of carbonyl (C=O) groups is 1. The van der Waals surface area contributed by atoms with Crippen LogP contribution < -0.4 is 10.6 Å². The van der Waals surface area contributed by atoms with Gasteiger partial charge in [0.25, 0.3) is 0 Å². The van der Waals surface area contributed by atoms with Gasteiger partial charge in [-0.05, 0) is 84.1 Å². The Balaban J connectivity index is 0.949. The zero-order valence-electron chi connectivity index (χ0n) is 28.0. The van der Waals surface area contributed by atoms with Crippen LogP contribution in [-0.2, 0) is 29.7 Å². The Morgan fingerprint density at radius 1 is 0.918 bits per heavy atom. The summed E-state index contributed by atoms with van der Waals surface area (Å²) in [5.41, 5.74) is 6.11. The first-order valence-electron chi connectivity index (χ1n) is 17.6. The van der Waals surface area contributed by atoms with Crippen molar-refractivity contribution in [2.24, 2.45) is 24.8 Å². The van der Waals surface area contributed by atoms with E-state index in [0.717, 1.165) is 75.6 Å². The van der Waals surface area contributed by atoms with Gasteiger partial charge in [-0.1, -0.05) is 84.6 Å². The first kappa shape index (κ1) is 32.5. The van der Waals surface area contributed by atoms with E-state index in [1.54, 1.807) is 18.1 Å². The number of ether oxygens (including phenoxy) is 2. The molecule has 1 aromatic heterocycles. The smallest absolute Gasteiger partial charge is 0.315 e. The number of thioether (sulfide) groups is 1. The number of aliphatic hydroxyl groups excluding tert-OH is 1. The molecule has 4 saturated carbocycles. The molecule has 5 fully saturated rings. The number of hydrogen-bond acceptors (Lipinski definition) is 7. The first-order chi connectivity index (χ1) is 23.9. The number of benzene rings is 3. The predicted octanol–water partition coefficient (Wildman–Crippen LogP) is 7.08. The van der Waals surface area contributed by atoms with Crippen LogP contribution in [0.1, 0.15) is 79.6 Å². The molecule has 49 heavy (non-hydrogen) atoms. The average molecular weight is 680 g/mol. The Kier molecular flexibility index (Phi) is 9.22. The van der Waals surface area contributed by atoms with Crippen LogP contribution in [-0.4, -0.2) is 43.3 Å². The molecule has 4 aromatic rings. The molecule has 0 radical (unpaired) electrons. The quantitative estimate of drug-likeness (QED) is 0.154. The molecule has 5 aliphatic rings. The monoisotopic (exact) mass is 679 g/mol. The molecule has 2 heterocycles. The van der Waals surface area contributed by atoms with E-state index in [9.17, 15) is 9.90 Å². The number of nitrogens with zero attached hydrogens (tertiary/aromatic N) is 3. The fourth-order valence-electron chi connectivity index (χ4n) is 9.09. The molecule has 4 bridgehead atoms. The molecule has 9 nitrogen and oxygen atoms in total. The summed E-state index contributed by atoms with van der Waals surface area (Å²) in [6, 6.07) is 24.6. The molecule has 1 aliphatic heterocycles. The maximum Gasteiger partial charge on any atom is 0.315 e. The zero-order valence-corrected chi connectivity index (χ0v) is 28.8. The molecule has 3 atom stereocenters. The van der Waals surface area contributed by atoms with Gasteiger partial charge in [-0.15, -0.1) is 10.2 Å². The van der Waals surface area contributed by atoms with Crippen LogP contribution in [0.3, 0.4) is 0 Å². The molecule has 3 aromatic carbocycles. The van der Waals surface area contributed by atoms with Gasteiger partial charge in [0.1, 0.15) is 6.33 Å². The minimum Gasteiger partial charge on any atom is -0.392 e. The van der Waals surface area contributed by atoms with Gasteiger partial charge < -0.3 is 29.8 Å². The second-order valence-electron chi connectivity index (χ2n) is 14.7. The van der Waals surface area contributed by atoms with Crippen LogP contribution in [0.2, 0.25) is 0 Å². The van der Waals surface area contributed by atoms with Crippen LogP contribution in [0.5, 0.6) is 0 Å². The van der Waals surface area contributed by atoms with Crippen molar-refractivity contribution in [3.05, 3.63) is 101 Å². The van der Waals surface area contributed by atoms with Crippen molar-refractivity contribution in [1.29, 1.82) is 0 Å². The highest BCUT2D eigenvalue weighted by Crippen LogP contribution is 2.55. The number of urea groups is 1. The van der Waals surface area contributed by atoms with Gasteiger partial charge in [-0.2, -0.15) is 0 Å². The second-order valence-corrected chi connectivity index (χ2v) is 15.7. The topological polar surface area (TPSA) is 111 Å². The molecule has 0 spiro atoms. The van der Waals surface area contributed by atoms with E-state index < -0.39 is 6.29 Å². The Bertz CT molecular complexity index is 1720. The van der Waals surface area contributed by atoms with Gasteiger partial charge in [-0.3, -0.25) is 0 Å². The number of aliphatic hydroxyl groups is 1. The molecule has 3 N–H and O–H groups in total. The van der Waals surface area contributed by atoms with Gasteiger partial charge in [-0.25, -0.2) is 4.79 Å². The van der Waals surface area contributed by atoms with Crippen molar-refractivity contribution in [3.63, 3.8) is 0 Å². The van der Waals surface area contributed by atoms with Crippen molar-refractivity contribution < 1.29 is 19.4 Å². The first-order valence-corrected chi connectivity index (χ1v) is 18.6. The third kappa shape index (κ3) is 7.15. The van der Waals surface area contributed by atoms with Crippen LogP contribution >= 0.6 is 11.8 Å². The number of amides is 2. The van der Waals surface area contributed by atoms with Crippen LogP contribution in [0.25, 0.3) is 11.1 Å². The zero-order chi connectivity index (χ0) is 33.4. The SMILES string of the molecule is Cn1cnnc1SC[C@H]1C[C@@H](c2ccc(CO)cc2)O[C@@H](c2ccc(-c3ccccc3CNC(=O)NC34CC5CC(CC(C5)C3)C4)cc2)O1. The molecule has 9 rings (SSSR count). The lowest BCUT2D eigenvalue weighted by molar-refractivity contribution is -0.245. The van der Waals surface area contributed by atoms with Gasteiger partial charge in [0.05, 0.1) is 18.8 Å². The molecule has 4 aliphatic carbocycles. The number of nitrogens with one attached hydrogen (secondary N) is 2. The molecular formula is C39H45N5O4S. The molecule has 2 amide bonds. The van der Waals surface area contributed by atoms with Crippen molar-refractivity contribution in [3.8, 4) is 11.1 Å². The minimum absolute atomic E-state index is 0.00747. The lowest BCUT2D eigenvalue weighted by Crippen LogP contribution is -2.61. The van der Waals surface area contributed by atoms with Crippen molar-refractivity contribution in [2.75, 3.05) is 5.75 Å². The summed E-state index contributed by atoms with van der Waals surface area (Å²) in [5, 5.41) is 25.2. The summed E-state index contributed by atoms with van der Waals surface area (Å²) >= 11 is 1.63. The minimum atomic E-state index is -0.541. The van der Waals surface area contributed by atoms with Crippen LogP contribution in [0.4, 0.5) is 4.79 Å². The standard InChI is InChI=1S/C39H45N5O4S/c1-44-24-41-43-38(44)49-23-33-17-35(30-8-6-25(22-45)7-9-30)48-36(47-33)31-12-10-29(11-13-31)34-5-3-2-4-32(34)21-40-37(46)42-39-18-26-14-27(19-39)16-28(15-26)20-39/h2-13,24,26-28,33,35-36,45H,14-23H2,1H3,(H2,40,42,46)/t26?,27?,28?,33-,35+,36+,39?/m1/s1. The molecular weight excluding hydrogens is 635 g/mol. The average Bonchev–Trinajstić information content (AvgIpc) is 3.53. The highest BCUT2D eigenvalue weighted by atomic mass is 32.2. The number of rotatable bonds is 10. The Hall–Kier alpha value is -3.70. The van der Waals surface area contributed by atoms with E-state index in [-0.39, 0.29) is 30.4 Å². The largest absolute Gasteiger partial charge is 0.392 e. The summed E-state index contributed by atoms with van der Waals surface area (Å²) in [4.78, 5) is 13.2. The molecule has 256 valence electrons. The molecule has 10 heteroatoms. The van der Waals surface area contributed by atoms with E-state index in [2.05, 4.69) is 57.2 Å². The molecule has 0 unspecified atom stereocenters. The van der Waals surface area contributed by atoms with Crippen molar-refractivity contribution in [1.82, 2.24) is 25.4 Å². The summed E-state index contributed by atoms with van der Waals surface area (Å²) in [5.74, 6) is 3.08. The van der Waals surface area contributed by atoms with Crippen molar-refractivity contribution in [2.45, 2.75) is 87.3 Å². The fraction of sp³-hybridized carbons (Fsp3) is 0.462.